The highest BCUT2D eigenvalue weighted by molar-refractivity contribution is 7.91. The summed E-state index contributed by atoms with van der Waals surface area (Å²) < 4.78 is 31.5. The van der Waals surface area contributed by atoms with Crippen molar-refractivity contribution in [3.05, 3.63) is 28.7 Å². The summed E-state index contributed by atoms with van der Waals surface area (Å²) in [5, 5.41) is 5.36. The van der Waals surface area contributed by atoms with Crippen LogP contribution >= 0.6 is 11.3 Å². The van der Waals surface area contributed by atoms with Crippen molar-refractivity contribution in [2.24, 2.45) is 5.73 Å². The van der Waals surface area contributed by atoms with Gasteiger partial charge in [-0.05, 0) is 23.9 Å². The Morgan fingerprint density at radius 1 is 1.53 bits per heavy atom. The molecule has 3 N–H and O–H groups in total. The lowest BCUT2D eigenvalue weighted by Crippen LogP contribution is -2.25. The highest BCUT2D eigenvalue weighted by Crippen LogP contribution is 2.19. The lowest BCUT2D eigenvalue weighted by Gasteiger charge is -2.02. The Labute approximate surface area is 114 Å². The summed E-state index contributed by atoms with van der Waals surface area (Å²) >= 11 is 1.15. The molecular weight excluding hydrogens is 288 g/mol. The van der Waals surface area contributed by atoms with Gasteiger partial charge in [0, 0.05) is 19.5 Å². The fraction of sp³-hybridized carbons (Fsp3) is 0.400. The molecule has 0 aliphatic heterocycles. The average Bonchev–Trinajstić information content (AvgIpc) is 2.98. The third-order valence-corrected chi connectivity index (χ3v) is 5.28. The second kappa shape index (κ2) is 5.78. The quantitative estimate of drug-likeness (QED) is 0.800. The fourth-order valence-electron chi connectivity index (χ4n) is 1.41. The van der Waals surface area contributed by atoms with Crippen LogP contribution in [0.25, 0.3) is 0 Å². The van der Waals surface area contributed by atoms with Crippen LogP contribution in [-0.2, 0) is 23.0 Å². The summed E-state index contributed by atoms with van der Waals surface area (Å²) in [6, 6.07) is 1.57. The molecule has 2 rings (SSSR count). The summed E-state index contributed by atoms with van der Waals surface area (Å²) in [6.45, 7) is 2.24. The van der Waals surface area contributed by atoms with Crippen LogP contribution in [0.3, 0.4) is 0 Å². The molecule has 0 aliphatic rings. The van der Waals surface area contributed by atoms with Crippen molar-refractivity contribution in [1.82, 2.24) is 14.9 Å². The Morgan fingerprint density at radius 3 is 2.89 bits per heavy atom. The van der Waals surface area contributed by atoms with Gasteiger partial charge in [-0.1, -0.05) is 5.16 Å². The Kier molecular flexibility index (Phi) is 4.30. The Morgan fingerprint density at radius 2 is 2.32 bits per heavy atom. The highest BCUT2D eigenvalue weighted by atomic mass is 32.2. The Hall–Kier alpha value is -1.29. The van der Waals surface area contributed by atoms with Crippen LogP contribution in [0.15, 0.2) is 20.2 Å². The zero-order valence-electron chi connectivity index (χ0n) is 10.3. The summed E-state index contributed by atoms with van der Waals surface area (Å²) in [5.41, 5.74) is 6.25. The molecule has 0 aromatic carbocycles. The molecule has 0 unspecified atom stereocenters. The molecule has 0 spiro atoms. The molecule has 104 valence electrons. The lowest BCUT2D eigenvalue weighted by molar-refractivity contribution is 0.375. The van der Waals surface area contributed by atoms with Crippen LogP contribution in [0.4, 0.5) is 0 Å². The van der Waals surface area contributed by atoms with Gasteiger partial charge in [0.25, 0.3) is 0 Å². The van der Waals surface area contributed by atoms with Gasteiger partial charge in [0.1, 0.15) is 4.21 Å². The van der Waals surface area contributed by atoms with Crippen molar-refractivity contribution in [2.45, 2.75) is 24.1 Å². The maximum Gasteiger partial charge on any atom is 0.250 e. The largest absolute Gasteiger partial charge is 0.339 e. The lowest BCUT2D eigenvalue weighted by atomic mass is 10.4. The minimum absolute atomic E-state index is 0.208. The van der Waals surface area contributed by atoms with Crippen molar-refractivity contribution in [2.75, 3.05) is 6.54 Å². The fourth-order valence-corrected chi connectivity index (χ4v) is 3.70. The van der Waals surface area contributed by atoms with E-state index >= 15 is 0 Å². The van der Waals surface area contributed by atoms with Crippen LogP contribution in [0.1, 0.15) is 17.3 Å². The predicted molar refractivity (Wildman–Crippen MR) is 70.1 cm³/mol. The third kappa shape index (κ3) is 3.60. The van der Waals surface area contributed by atoms with Crippen molar-refractivity contribution < 1.29 is 12.9 Å². The molecule has 0 bridgehead atoms. The molecule has 2 heterocycles. The third-order valence-electron chi connectivity index (χ3n) is 2.33. The zero-order valence-corrected chi connectivity index (χ0v) is 11.9. The van der Waals surface area contributed by atoms with E-state index in [4.69, 9.17) is 10.3 Å². The number of hydrogen-bond acceptors (Lipinski definition) is 7. The summed E-state index contributed by atoms with van der Waals surface area (Å²) in [4.78, 5) is 3.99. The molecular formula is C10H14N4O3S2. The van der Waals surface area contributed by atoms with Gasteiger partial charge in [0.15, 0.2) is 5.82 Å². The highest BCUT2D eigenvalue weighted by Gasteiger charge is 2.16. The molecule has 7 nitrogen and oxygen atoms in total. The number of thiophene rings is 1. The van der Waals surface area contributed by atoms with Gasteiger partial charge in [-0.25, -0.2) is 13.1 Å². The molecule has 0 atom stereocenters. The first-order valence-corrected chi connectivity index (χ1v) is 7.94. The molecule has 0 saturated heterocycles. The molecule has 0 aliphatic carbocycles. The van der Waals surface area contributed by atoms with Gasteiger partial charge in [0.05, 0.1) is 0 Å². The van der Waals surface area contributed by atoms with E-state index in [1.807, 2.05) is 0 Å². The molecule has 19 heavy (non-hydrogen) atoms. The smallest absolute Gasteiger partial charge is 0.250 e. The number of nitrogens with two attached hydrogens (primary N) is 1. The summed E-state index contributed by atoms with van der Waals surface area (Å²) in [6.07, 6.45) is 0.356. The maximum atomic E-state index is 11.9. The average molecular weight is 302 g/mol. The summed E-state index contributed by atoms with van der Waals surface area (Å²) in [7, 11) is -3.49. The number of sulfonamides is 1. The molecule has 0 amide bonds. The van der Waals surface area contributed by atoms with Crippen molar-refractivity contribution >= 4 is 21.4 Å². The molecule has 0 fully saturated rings. The van der Waals surface area contributed by atoms with E-state index in [0.717, 1.165) is 16.9 Å². The number of nitrogens with zero attached hydrogens (tertiary/aromatic N) is 2. The van der Waals surface area contributed by atoms with Crippen molar-refractivity contribution in [3.63, 3.8) is 0 Å². The van der Waals surface area contributed by atoms with E-state index in [9.17, 15) is 8.42 Å². The first-order chi connectivity index (χ1) is 9.01. The first kappa shape index (κ1) is 14.1. The van der Waals surface area contributed by atoms with Crippen molar-refractivity contribution in [1.29, 1.82) is 0 Å². The molecule has 0 saturated carbocycles. The maximum absolute atomic E-state index is 11.9. The monoisotopic (exact) mass is 302 g/mol. The van der Waals surface area contributed by atoms with Gasteiger partial charge in [0.2, 0.25) is 15.9 Å². The SMILES string of the molecule is Cc1noc(CCNS(=O)(=O)c2cc(CN)cs2)n1. The minimum Gasteiger partial charge on any atom is -0.339 e. The number of aromatic nitrogens is 2. The molecule has 2 aromatic heterocycles. The molecule has 2 aromatic rings. The van der Waals surface area contributed by atoms with Crippen LogP contribution in [0.2, 0.25) is 0 Å². The second-order valence-electron chi connectivity index (χ2n) is 3.86. The predicted octanol–water partition coefficient (Wildman–Crippen LogP) is 0.419. The zero-order chi connectivity index (χ0) is 13.9. The van der Waals surface area contributed by atoms with Gasteiger partial charge in [-0.2, -0.15) is 4.98 Å². The Balaban J connectivity index is 1.94. The first-order valence-electron chi connectivity index (χ1n) is 5.57. The van der Waals surface area contributed by atoms with Crippen LogP contribution in [-0.4, -0.2) is 25.1 Å². The van der Waals surface area contributed by atoms with Gasteiger partial charge < -0.3 is 10.3 Å². The minimum atomic E-state index is -3.49. The van der Waals surface area contributed by atoms with E-state index in [1.165, 1.54) is 0 Å². The molecule has 0 radical (unpaired) electrons. The van der Waals surface area contributed by atoms with E-state index < -0.39 is 10.0 Å². The van der Waals surface area contributed by atoms with Gasteiger partial charge >= 0.3 is 0 Å². The van der Waals surface area contributed by atoms with Crippen LogP contribution in [0, 0.1) is 6.92 Å². The second-order valence-corrected chi connectivity index (χ2v) is 6.77. The van der Waals surface area contributed by atoms with Crippen molar-refractivity contribution in [3.8, 4) is 0 Å². The standard InChI is InChI=1S/C10H14N4O3S2/c1-7-13-9(17-14-7)2-3-12-19(15,16)10-4-8(5-11)6-18-10/h4,6,12H,2-3,5,11H2,1H3. The number of nitrogens with one attached hydrogen (secondary N) is 1. The van der Waals surface area contributed by atoms with E-state index in [-0.39, 0.29) is 10.8 Å². The molecule has 9 heteroatoms. The number of hydrogen-bond donors (Lipinski definition) is 2. The van der Waals surface area contributed by atoms with E-state index in [2.05, 4.69) is 14.9 Å². The van der Waals surface area contributed by atoms with Crippen LogP contribution in [0.5, 0.6) is 0 Å². The van der Waals surface area contributed by atoms with Crippen LogP contribution < -0.4 is 10.5 Å². The topological polar surface area (TPSA) is 111 Å². The summed E-state index contributed by atoms with van der Waals surface area (Å²) in [5.74, 6) is 0.942. The Bertz CT molecular complexity index is 647. The van der Waals surface area contributed by atoms with Gasteiger partial charge in [-0.3, -0.25) is 0 Å². The van der Waals surface area contributed by atoms with E-state index in [1.54, 1.807) is 18.4 Å². The van der Waals surface area contributed by atoms with Gasteiger partial charge in [-0.15, -0.1) is 11.3 Å². The normalized spacial score (nSPS) is 11.9. The number of aryl methyl sites for hydroxylation is 1. The number of rotatable bonds is 6. The van der Waals surface area contributed by atoms with E-state index in [0.29, 0.717) is 24.7 Å².